The maximum atomic E-state index is 12.8. The molecule has 0 spiro atoms. The van der Waals surface area contributed by atoms with E-state index in [1.807, 2.05) is 17.7 Å². The molecular formula is C16H19F3N4O4S3. The number of halogens is 3. The third-order valence-electron chi connectivity index (χ3n) is 4.73. The second kappa shape index (κ2) is 8.86. The molecule has 2 unspecified atom stereocenters. The summed E-state index contributed by atoms with van der Waals surface area (Å²) >= 11 is 3.19. The molecule has 2 atom stereocenters. The topological polar surface area (TPSA) is 104 Å². The smallest absolute Gasteiger partial charge is 0.475 e. The van der Waals surface area contributed by atoms with E-state index in [-0.39, 0.29) is 11.2 Å². The lowest BCUT2D eigenvalue weighted by molar-refractivity contribution is -0.192. The number of fused-ring (bicyclic) bond motifs is 1. The van der Waals surface area contributed by atoms with Crippen molar-refractivity contribution in [2.24, 2.45) is 5.92 Å². The number of carbonyl (C=O) groups is 1. The first-order chi connectivity index (χ1) is 14.0. The molecule has 4 heterocycles. The van der Waals surface area contributed by atoms with Crippen LogP contribution in [-0.4, -0.2) is 69.7 Å². The number of thiazole rings is 2. The van der Waals surface area contributed by atoms with E-state index in [1.54, 1.807) is 33.2 Å². The van der Waals surface area contributed by atoms with E-state index in [0.717, 1.165) is 28.8 Å². The first-order valence-electron chi connectivity index (χ1n) is 8.77. The second-order valence-electron chi connectivity index (χ2n) is 6.92. The van der Waals surface area contributed by atoms with Crippen LogP contribution in [0.15, 0.2) is 17.0 Å². The number of carboxylic acids is 1. The van der Waals surface area contributed by atoms with Gasteiger partial charge < -0.3 is 5.11 Å². The van der Waals surface area contributed by atoms with Crippen molar-refractivity contribution >= 4 is 38.7 Å². The molecule has 166 valence electrons. The molecule has 0 radical (unpaired) electrons. The monoisotopic (exact) mass is 484 g/mol. The molecule has 2 fully saturated rings. The summed E-state index contributed by atoms with van der Waals surface area (Å²) in [6.07, 6.45) is -3.29. The summed E-state index contributed by atoms with van der Waals surface area (Å²) < 4.78 is 58.9. The number of likely N-dealkylation sites (tertiary alicyclic amines) is 1. The zero-order valence-corrected chi connectivity index (χ0v) is 18.2. The Hall–Kier alpha value is -1.61. The van der Waals surface area contributed by atoms with Gasteiger partial charge in [0, 0.05) is 42.5 Å². The van der Waals surface area contributed by atoms with Gasteiger partial charge in [0.15, 0.2) is 0 Å². The molecule has 14 heteroatoms. The highest BCUT2D eigenvalue weighted by molar-refractivity contribution is 7.90. The number of carboxylic acid groups (broad SMARTS) is 1. The van der Waals surface area contributed by atoms with Gasteiger partial charge in [-0.3, -0.25) is 4.90 Å². The average Bonchev–Trinajstić information content (AvgIpc) is 3.39. The van der Waals surface area contributed by atoms with E-state index in [2.05, 4.69) is 14.9 Å². The Balaban J connectivity index is 0.000000318. The van der Waals surface area contributed by atoms with E-state index >= 15 is 0 Å². The van der Waals surface area contributed by atoms with Crippen molar-refractivity contribution in [3.63, 3.8) is 0 Å². The molecule has 30 heavy (non-hydrogen) atoms. The highest BCUT2D eigenvalue weighted by atomic mass is 32.2. The molecular weight excluding hydrogens is 465 g/mol. The van der Waals surface area contributed by atoms with Crippen LogP contribution >= 0.6 is 22.7 Å². The summed E-state index contributed by atoms with van der Waals surface area (Å²) in [4.78, 5) is 19.8. The second-order valence-corrected chi connectivity index (χ2v) is 11.1. The third-order valence-corrected chi connectivity index (χ3v) is 8.61. The van der Waals surface area contributed by atoms with Crippen LogP contribution < -0.4 is 0 Å². The Kier molecular flexibility index (Phi) is 6.81. The van der Waals surface area contributed by atoms with E-state index in [4.69, 9.17) is 9.90 Å². The number of aliphatic carboxylic acids is 1. The van der Waals surface area contributed by atoms with Crippen molar-refractivity contribution in [3.8, 4) is 0 Å². The van der Waals surface area contributed by atoms with Crippen LogP contribution in [0, 0.1) is 12.8 Å². The van der Waals surface area contributed by atoms with Gasteiger partial charge in [-0.2, -0.15) is 17.5 Å². The molecule has 1 N–H and O–H groups in total. The van der Waals surface area contributed by atoms with Gasteiger partial charge in [-0.25, -0.2) is 23.2 Å². The van der Waals surface area contributed by atoms with Crippen molar-refractivity contribution in [1.29, 1.82) is 0 Å². The summed E-state index contributed by atoms with van der Waals surface area (Å²) in [6.45, 7) is 5.16. The van der Waals surface area contributed by atoms with Crippen LogP contribution in [-0.2, 0) is 27.9 Å². The predicted octanol–water partition coefficient (Wildman–Crippen LogP) is 2.19. The van der Waals surface area contributed by atoms with Gasteiger partial charge in [0.1, 0.15) is 5.01 Å². The highest BCUT2D eigenvalue weighted by Gasteiger charge is 2.51. The quantitative estimate of drug-likeness (QED) is 0.710. The minimum Gasteiger partial charge on any atom is -0.475 e. The largest absolute Gasteiger partial charge is 0.490 e. The van der Waals surface area contributed by atoms with Crippen molar-refractivity contribution in [1.82, 2.24) is 19.2 Å². The minimum absolute atomic E-state index is 0.194. The molecule has 2 saturated heterocycles. The van der Waals surface area contributed by atoms with Crippen molar-refractivity contribution in [2.75, 3.05) is 19.6 Å². The number of hydrogen-bond donors (Lipinski definition) is 1. The lowest BCUT2D eigenvalue weighted by Crippen LogP contribution is -2.34. The zero-order chi connectivity index (χ0) is 22.1. The predicted molar refractivity (Wildman–Crippen MR) is 105 cm³/mol. The fourth-order valence-corrected chi connectivity index (χ4v) is 6.88. The Bertz CT molecular complexity index is 978. The molecule has 0 aromatic carbocycles. The number of hydrogen-bond acceptors (Lipinski definition) is 8. The maximum absolute atomic E-state index is 12.8. The zero-order valence-electron chi connectivity index (χ0n) is 15.7. The number of rotatable bonds is 4. The minimum atomic E-state index is -5.08. The Labute approximate surface area is 179 Å². The first kappa shape index (κ1) is 23.1. The number of alkyl halides is 3. The lowest BCUT2D eigenvalue weighted by Gasteiger charge is -2.20. The number of sulfonamides is 1. The SMILES string of the molecule is Cc1nc(CN2CC3CN(Cc4nccs4)CC3S2(=O)=O)cs1.O=C(O)C(F)(F)F. The molecule has 2 aliphatic heterocycles. The highest BCUT2D eigenvalue weighted by Crippen LogP contribution is 2.35. The van der Waals surface area contributed by atoms with Gasteiger partial charge in [0.2, 0.25) is 10.0 Å². The molecule has 0 aliphatic carbocycles. The summed E-state index contributed by atoms with van der Waals surface area (Å²) in [5.74, 6) is -2.56. The van der Waals surface area contributed by atoms with Gasteiger partial charge in [0.05, 0.1) is 29.0 Å². The fourth-order valence-electron chi connectivity index (χ4n) is 3.46. The van der Waals surface area contributed by atoms with Crippen LogP contribution in [0.25, 0.3) is 0 Å². The molecule has 0 amide bonds. The van der Waals surface area contributed by atoms with E-state index < -0.39 is 22.2 Å². The standard InChI is InChI=1S/C14H18N4O2S3.C2HF3O2/c1-10-16-12(9-22-10)6-18-5-11-4-17(7-13(11)23(18,19)20)8-14-15-2-3-21-14;3-2(4,5)1(6)7/h2-3,9,11,13H,4-8H2,1H3;(H,6,7). The van der Waals surface area contributed by atoms with Crippen LogP contribution in [0.2, 0.25) is 0 Å². The maximum Gasteiger partial charge on any atom is 0.490 e. The van der Waals surface area contributed by atoms with Gasteiger partial charge in [-0.15, -0.1) is 22.7 Å². The van der Waals surface area contributed by atoms with Crippen molar-refractivity contribution < 1.29 is 31.5 Å². The molecule has 0 bridgehead atoms. The Morgan fingerprint density at radius 2 is 1.97 bits per heavy atom. The Morgan fingerprint density at radius 1 is 1.27 bits per heavy atom. The van der Waals surface area contributed by atoms with E-state index in [0.29, 0.717) is 19.6 Å². The lowest BCUT2D eigenvalue weighted by atomic mass is 10.1. The summed E-state index contributed by atoms with van der Waals surface area (Å²) in [5.41, 5.74) is 0.857. The van der Waals surface area contributed by atoms with E-state index in [1.165, 1.54) is 0 Å². The van der Waals surface area contributed by atoms with Gasteiger partial charge in [0.25, 0.3) is 0 Å². The first-order valence-corrected chi connectivity index (χ1v) is 12.0. The van der Waals surface area contributed by atoms with Crippen LogP contribution in [0.5, 0.6) is 0 Å². The molecule has 4 rings (SSSR count). The van der Waals surface area contributed by atoms with Crippen molar-refractivity contribution in [3.05, 3.63) is 32.7 Å². The van der Waals surface area contributed by atoms with Crippen molar-refractivity contribution in [2.45, 2.75) is 31.4 Å². The molecule has 8 nitrogen and oxygen atoms in total. The molecule has 2 aromatic rings. The third kappa shape index (κ3) is 5.35. The van der Waals surface area contributed by atoms with Gasteiger partial charge in [-0.1, -0.05) is 0 Å². The van der Waals surface area contributed by atoms with Crippen LogP contribution in [0.1, 0.15) is 15.7 Å². The van der Waals surface area contributed by atoms with Gasteiger partial charge >= 0.3 is 12.1 Å². The molecule has 0 saturated carbocycles. The summed E-state index contributed by atoms with van der Waals surface area (Å²) in [7, 11) is -3.23. The number of nitrogens with zero attached hydrogens (tertiary/aromatic N) is 4. The normalized spacial score (nSPS) is 23.7. The summed E-state index contributed by atoms with van der Waals surface area (Å²) in [6, 6.07) is 0. The average molecular weight is 485 g/mol. The molecule has 2 aliphatic rings. The fraction of sp³-hybridized carbons (Fsp3) is 0.562. The summed E-state index contributed by atoms with van der Waals surface area (Å²) in [5, 5.41) is 12.8. The number of aromatic nitrogens is 2. The van der Waals surface area contributed by atoms with Crippen LogP contribution in [0.4, 0.5) is 13.2 Å². The molecule has 2 aromatic heterocycles. The van der Waals surface area contributed by atoms with E-state index in [9.17, 15) is 21.6 Å². The number of aryl methyl sites for hydroxylation is 1. The Morgan fingerprint density at radius 3 is 2.47 bits per heavy atom. The van der Waals surface area contributed by atoms with Gasteiger partial charge in [-0.05, 0) is 6.92 Å². The van der Waals surface area contributed by atoms with Crippen LogP contribution in [0.3, 0.4) is 0 Å².